The number of benzene rings is 3. The highest BCUT2D eigenvalue weighted by atomic mass is 35.5. The molecule has 2 aliphatic rings. The Morgan fingerprint density at radius 1 is 0.878 bits per heavy atom. The number of halogens is 3. The number of rotatable bonds is 6. The second-order valence-corrected chi connectivity index (χ2v) is 13.1. The first-order valence-electron chi connectivity index (χ1n) is 13.6. The summed E-state index contributed by atoms with van der Waals surface area (Å²) in [4.78, 5) is 20.0. The van der Waals surface area contributed by atoms with E-state index >= 15 is 0 Å². The van der Waals surface area contributed by atoms with Gasteiger partial charge < -0.3 is 15.1 Å². The van der Waals surface area contributed by atoms with Gasteiger partial charge in [-0.25, -0.2) is 22.0 Å². The van der Waals surface area contributed by atoms with Crippen LogP contribution < -0.4 is 10.2 Å². The average molecular weight is 603 g/mol. The molecular weight excluding hydrogens is 570 g/mol. The van der Waals surface area contributed by atoms with Crippen LogP contribution in [0.15, 0.2) is 71.6 Å². The lowest BCUT2D eigenvalue weighted by Crippen LogP contribution is -2.54. The third-order valence-corrected chi connectivity index (χ3v) is 9.27. The van der Waals surface area contributed by atoms with Gasteiger partial charge in [0, 0.05) is 62.3 Å². The van der Waals surface area contributed by atoms with E-state index in [0.29, 0.717) is 30.3 Å². The third-order valence-electron chi connectivity index (χ3n) is 7.92. The molecule has 11 heteroatoms. The molecule has 0 aromatic heterocycles. The molecule has 1 unspecified atom stereocenters. The molecule has 0 aliphatic carbocycles. The van der Waals surface area contributed by atoms with Crippen LogP contribution in [0.3, 0.4) is 0 Å². The summed E-state index contributed by atoms with van der Waals surface area (Å²) >= 11 is 6.16. The number of nitrogens with one attached hydrogen (secondary N) is 1. The lowest BCUT2D eigenvalue weighted by molar-refractivity contribution is 0.111. The number of hydrogen-bond acceptors (Lipinski definition) is 5. The van der Waals surface area contributed by atoms with Gasteiger partial charge in [0.2, 0.25) is 0 Å². The number of amides is 2. The number of hydrogen-bond donors (Lipinski definition) is 1. The number of carbonyl (C=O) groups excluding carboxylic acids is 1. The van der Waals surface area contributed by atoms with E-state index in [2.05, 4.69) is 21.2 Å². The molecule has 3 aromatic rings. The fraction of sp³-hybridized carbons (Fsp3) is 0.367. The Bertz CT molecular complexity index is 1510. The van der Waals surface area contributed by atoms with Crippen LogP contribution in [0, 0.1) is 11.6 Å². The quantitative estimate of drug-likeness (QED) is 0.425. The van der Waals surface area contributed by atoms with Crippen molar-refractivity contribution in [3.63, 3.8) is 0 Å². The first-order valence-corrected chi connectivity index (χ1v) is 15.9. The summed E-state index contributed by atoms with van der Waals surface area (Å²) in [6, 6.07) is 16.6. The molecule has 41 heavy (non-hydrogen) atoms. The number of nitrogens with zero attached hydrogens (tertiary/aromatic N) is 3. The van der Waals surface area contributed by atoms with E-state index in [1.54, 1.807) is 17.0 Å². The summed E-state index contributed by atoms with van der Waals surface area (Å²) in [5.74, 6) is -2.04. The van der Waals surface area contributed by atoms with E-state index in [-0.39, 0.29) is 10.9 Å². The Morgan fingerprint density at radius 3 is 2.22 bits per heavy atom. The molecule has 0 saturated carbocycles. The van der Waals surface area contributed by atoms with Crippen LogP contribution in [-0.4, -0.2) is 75.8 Å². The average Bonchev–Trinajstić information content (AvgIpc) is 2.97. The third kappa shape index (κ3) is 6.99. The molecule has 2 aliphatic heterocycles. The highest BCUT2D eigenvalue weighted by Gasteiger charge is 2.30. The van der Waals surface area contributed by atoms with Crippen molar-refractivity contribution in [1.29, 1.82) is 0 Å². The van der Waals surface area contributed by atoms with E-state index in [0.717, 1.165) is 68.1 Å². The molecule has 3 aromatic carbocycles. The van der Waals surface area contributed by atoms with E-state index in [1.807, 2.05) is 18.2 Å². The summed E-state index contributed by atoms with van der Waals surface area (Å²) in [6.07, 6.45) is 2.74. The molecule has 2 saturated heterocycles. The van der Waals surface area contributed by atoms with Crippen molar-refractivity contribution in [2.45, 2.75) is 29.8 Å². The first-order chi connectivity index (χ1) is 19.6. The number of urea groups is 1. The van der Waals surface area contributed by atoms with E-state index in [4.69, 9.17) is 11.6 Å². The summed E-state index contributed by atoms with van der Waals surface area (Å²) in [5, 5.41) is 3.67. The first kappa shape index (κ1) is 29.3. The topological polar surface area (TPSA) is 73.0 Å². The summed E-state index contributed by atoms with van der Waals surface area (Å²) in [6.45, 7) is 4.78. The molecule has 2 amide bonds. The summed E-state index contributed by atoms with van der Waals surface area (Å²) in [5.41, 5.74) is 1.90. The Kier molecular flexibility index (Phi) is 8.82. The molecule has 0 spiro atoms. The Labute approximate surface area is 244 Å². The van der Waals surface area contributed by atoms with Crippen LogP contribution in [0.2, 0.25) is 5.02 Å². The van der Waals surface area contributed by atoms with E-state index < -0.39 is 27.5 Å². The molecule has 7 nitrogen and oxygen atoms in total. The SMILES string of the molecule is CS(=O)(=O)c1cccc(C(NC(=O)N2CCC(N3CCN(c4cccc(Cl)c4)CC3)CC2)c2ccc(F)c(F)c2)c1. The number of piperidine rings is 1. The Morgan fingerprint density at radius 2 is 1.56 bits per heavy atom. The number of anilines is 1. The minimum atomic E-state index is -3.51. The molecule has 2 fully saturated rings. The maximum absolute atomic E-state index is 14.2. The Balaban J connectivity index is 1.23. The zero-order chi connectivity index (χ0) is 29.1. The molecule has 1 N–H and O–H groups in total. The van der Waals surface area contributed by atoms with Crippen molar-refractivity contribution < 1.29 is 22.0 Å². The van der Waals surface area contributed by atoms with Crippen molar-refractivity contribution in [2.75, 3.05) is 50.4 Å². The van der Waals surface area contributed by atoms with E-state index in [1.165, 1.54) is 18.2 Å². The maximum Gasteiger partial charge on any atom is 0.318 e. The predicted molar refractivity (Wildman–Crippen MR) is 156 cm³/mol. The zero-order valence-electron chi connectivity index (χ0n) is 22.8. The van der Waals surface area contributed by atoms with Crippen LogP contribution in [0.5, 0.6) is 0 Å². The smallest absolute Gasteiger partial charge is 0.318 e. The summed E-state index contributed by atoms with van der Waals surface area (Å²) < 4.78 is 52.2. The Hall–Kier alpha value is -3.21. The molecular formula is C30H33ClF2N4O3S. The fourth-order valence-corrected chi connectivity index (χ4v) is 6.50. The van der Waals surface area contributed by atoms with Gasteiger partial charge in [-0.05, 0) is 66.4 Å². The molecule has 1 atom stereocenters. The second-order valence-electron chi connectivity index (χ2n) is 10.6. The van der Waals surface area contributed by atoms with Crippen molar-refractivity contribution in [3.8, 4) is 0 Å². The van der Waals surface area contributed by atoms with Gasteiger partial charge in [-0.15, -0.1) is 0 Å². The highest BCUT2D eigenvalue weighted by molar-refractivity contribution is 7.90. The number of carbonyl (C=O) groups is 1. The van der Waals surface area contributed by atoms with Crippen LogP contribution in [0.25, 0.3) is 0 Å². The number of likely N-dealkylation sites (tertiary alicyclic amines) is 1. The predicted octanol–water partition coefficient (Wildman–Crippen LogP) is 5.11. The van der Waals surface area contributed by atoms with Gasteiger partial charge >= 0.3 is 6.03 Å². The minimum Gasteiger partial charge on any atom is -0.369 e. The normalized spacial score (nSPS) is 17.9. The molecule has 5 rings (SSSR count). The molecule has 0 radical (unpaired) electrons. The summed E-state index contributed by atoms with van der Waals surface area (Å²) in [7, 11) is -3.51. The van der Waals surface area contributed by atoms with Gasteiger partial charge in [0.05, 0.1) is 10.9 Å². The van der Waals surface area contributed by atoms with Crippen molar-refractivity contribution in [1.82, 2.24) is 15.1 Å². The minimum absolute atomic E-state index is 0.0769. The monoisotopic (exact) mass is 602 g/mol. The van der Waals surface area contributed by atoms with Gasteiger partial charge in [-0.2, -0.15) is 0 Å². The van der Waals surface area contributed by atoms with Crippen molar-refractivity contribution in [3.05, 3.63) is 94.5 Å². The van der Waals surface area contributed by atoms with Crippen LogP contribution in [0.4, 0.5) is 19.3 Å². The number of piperazine rings is 1. The fourth-order valence-electron chi connectivity index (χ4n) is 5.64. The maximum atomic E-state index is 14.2. The standard InChI is InChI=1S/C30H33ClF2N4O3S/c1-41(39,40)26-7-2-4-21(18-26)29(22-8-9-27(32)28(33)19-22)34-30(38)37-12-10-24(11-13-37)35-14-16-36(17-15-35)25-6-3-5-23(31)20-25/h2-9,18-20,24,29H,10-17H2,1H3,(H,34,38). The largest absolute Gasteiger partial charge is 0.369 e. The zero-order valence-corrected chi connectivity index (χ0v) is 24.3. The van der Waals surface area contributed by atoms with Crippen LogP contribution >= 0.6 is 11.6 Å². The molecule has 2 heterocycles. The van der Waals surface area contributed by atoms with Gasteiger partial charge in [0.1, 0.15) is 0 Å². The van der Waals surface area contributed by atoms with Gasteiger partial charge in [0.15, 0.2) is 21.5 Å². The van der Waals surface area contributed by atoms with Gasteiger partial charge in [-0.3, -0.25) is 4.90 Å². The van der Waals surface area contributed by atoms with Gasteiger partial charge in [0.25, 0.3) is 0 Å². The highest BCUT2D eigenvalue weighted by Crippen LogP contribution is 2.28. The van der Waals surface area contributed by atoms with Crippen LogP contribution in [0.1, 0.15) is 30.0 Å². The number of sulfone groups is 1. The lowest BCUT2D eigenvalue weighted by Gasteiger charge is -2.43. The van der Waals surface area contributed by atoms with Crippen LogP contribution in [-0.2, 0) is 9.84 Å². The molecule has 218 valence electrons. The van der Waals surface area contributed by atoms with Gasteiger partial charge in [-0.1, -0.05) is 35.9 Å². The molecule has 0 bridgehead atoms. The lowest BCUT2D eigenvalue weighted by atomic mass is 9.98. The van der Waals surface area contributed by atoms with Crippen molar-refractivity contribution >= 4 is 33.2 Å². The van der Waals surface area contributed by atoms with Crippen molar-refractivity contribution in [2.24, 2.45) is 0 Å². The van der Waals surface area contributed by atoms with E-state index in [9.17, 15) is 22.0 Å². The second kappa shape index (κ2) is 12.3.